The van der Waals surface area contributed by atoms with Gasteiger partial charge in [0.2, 0.25) is 11.8 Å². The molecule has 0 fully saturated rings. The van der Waals surface area contributed by atoms with Crippen LogP contribution in [0.1, 0.15) is 42.2 Å². The standard InChI is InChI=1S/C23H23N5O2/c1-4-16(3)28-20(12-13-24-28)25-21(29)17-8-10-18(11-9-17)22-26-27-23(30-22)19-7-5-6-15(2)14-19/h5-14,16H,4H2,1-3H3,(H,25,29). The van der Waals surface area contributed by atoms with Crippen molar-refractivity contribution in [1.82, 2.24) is 20.0 Å². The number of carbonyl (C=O) groups is 1. The maximum Gasteiger partial charge on any atom is 0.256 e. The highest BCUT2D eigenvalue weighted by molar-refractivity contribution is 6.04. The molecule has 0 radical (unpaired) electrons. The Labute approximate surface area is 174 Å². The lowest BCUT2D eigenvalue weighted by Gasteiger charge is -2.14. The second kappa shape index (κ2) is 8.32. The normalized spacial score (nSPS) is 12.0. The summed E-state index contributed by atoms with van der Waals surface area (Å²) in [5.74, 6) is 1.36. The van der Waals surface area contributed by atoms with Crippen molar-refractivity contribution in [1.29, 1.82) is 0 Å². The topological polar surface area (TPSA) is 85.8 Å². The smallest absolute Gasteiger partial charge is 0.256 e. The molecule has 0 bridgehead atoms. The summed E-state index contributed by atoms with van der Waals surface area (Å²) in [6, 6.07) is 17.0. The Kier molecular flexibility index (Phi) is 5.43. The molecule has 1 amide bonds. The van der Waals surface area contributed by atoms with Gasteiger partial charge in [-0.05, 0) is 56.7 Å². The van der Waals surface area contributed by atoms with Crippen molar-refractivity contribution >= 4 is 11.7 Å². The highest BCUT2D eigenvalue weighted by Gasteiger charge is 2.14. The molecule has 0 spiro atoms. The molecule has 0 saturated heterocycles. The van der Waals surface area contributed by atoms with Crippen molar-refractivity contribution in [3.63, 3.8) is 0 Å². The minimum absolute atomic E-state index is 0.197. The maximum absolute atomic E-state index is 12.6. The molecule has 0 saturated carbocycles. The van der Waals surface area contributed by atoms with Crippen molar-refractivity contribution in [3.05, 3.63) is 71.9 Å². The fourth-order valence-corrected chi connectivity index (χ4v) is 3.12. The van der Waals surface area contributed by atoms with Gasteiger partial charge in [-0.2, -0.15) is 5.10 Å². The average Bonchev–Trinajstić information content (AvgIpc) is 3.43. The van der Waals surface area contributed by atoms with E-state index in [0.717, 1.165) is 23.1 Å². The van der Waals surface area contributed by atoms with Gasteiger partial charge in [-0.15, -0.1) is 10.2 Å². The Hall–Kier alpha value is -3.74. The lowest BCUT2D eigenvalue weighted by atomic mass is 10.1. The predicted molar refractivity (Wildman–Crippen MR) is 115 cm³/mol. The molecule has 2 aromatic heterocycles. The van der Waals surface area contributed by atoms with Crippen molar-refractivity contribution in [2.24, 2.45) is 0 Å². The van der Waals surface area contributed by atoms with Gasteiger partial charge in [0.15, 0.2) is 0 Å². The number of hydrogen-bond acceptors (Lipinski definition) is 5. The number of aromatic nitrogens is 4. The summed E-state index contributed by atoms with van der Waals surface area (Å²) in [5.41, 5.74) is 3.29. The second-order valence-electron chi connectivity index (χ2n) is 7.23. The van der Waals surface area contributed by atoms with Crippen molar-refractivity contribution in [2.75, 3.05) is 5.32 Å². The van der Waals surface area contributed by atoms with Crippen molar-refractivity contribution in [3.8, 4) is 22.9 Å². The molecule has 4 rings (SSSR count). The highest BCUT2D eigenvalue weighted by atomic mass is 16.4. The molecule has 7 nitrogen and oxygen atoms in total. The summed E-state index contributed by atoms with van der Waals surface area (Å²) in [5, 5.41) is 15.5. The first-order valence-electron chi connectivity index (χ1n) is 9.91. The second-order valence-corrected chi connectivity index (χ2v) is 7.23. The van der Waals surface area contributed by atoms with Gasteiger partial charge in [0.1, 0.15) is 5.82 Å². The molecule has 2 aromatic carbocycles. The number of rotatable bonds is 6. The SMILES string of the molecule is CCC(C)n1nccc1NC(=O)c1ccc(-c2nnc(-c3cccc(C)c3)o2)cc1. The van der Waals surface area contributed by atoms with E-state index in [1.165, 1.54) is 0 Å². The lowest BCUT2D eigenvalue weighted by molar-refractivity contribution is 0.102. The zero-order valence-electron chi connectivity index (χ0n) is 17.2. The zero-order valence-corrected chi connectivity index (χ0v) is 17.2. The summed E-state index contributed by atoms with van der Waals surface area (Å²) >= 11 is 0. The van der Waals surface area contributed by atoms with Crippen molar-refractivity contribution in [2.45, 2.75) is 33.2 Å². The van der Waals surface area contributed by atoms with Gasteiger partial charge in [-0.1, -0.05) is 24.6 Å². The van der Waals surface area contributed by atoms with Crippen LogP contribution in [0.3, 0.4) is 0 Å². The van der Waals surface area contributed by atoms with E-state index < -0.39 is 0 Å². The molecule has 4 aromatic rings. The Morgan fingerprint density at radius 1 is 1.07 bits per heavy atom. The Morgan fingerprint density at radius 3 is 2.50 bits per heavy atom. The zero-order chi connectivity index (χ0) is 21.1. The number of benzene rings is 2. The molecule has 0 aliphatic heterocycles. The monoisotopic (exact) mass is 401 g/mol. The summed E-state index contributed by atoms with van der Waals surface area (Å²) in [6.45, 7) is 6.16. The van der Waals surface area contributed by atoms with E-state index in [-0.39, 0.29) is 11.9 Å². The van der Waals surface area contributed by atoms with Crippen LogP contribution < -0.4 is 5.32 Å². The Balaban J connectivity index is 1.50. The van der Waals surface area contributed by atoms with Crippen LogP contribution in [0.4, 0.5) is 5.82 Å². The van der Waals surface area contributed by atoms with Crippen LogP contribution >= 0.6 is 0 Å². The molecule has 0 aliphatic rings. The fourth-order valence-electron chi connectivity index (χ4n) is 3.12. The van der Waals surface area contributed by atoms with Gasteiger partial charge in [-0.25, -0.2) is 4.68 Å². The van der Waals surface area contributed by atoms with Gasteiger partial charge in [-0.3, -0.25) is 4.79 Å². The third-order valence-corrected chi connectivity index (χ3v) is 5.00. The van der Waals surface area contributed by atoms with E-state index in [1.807, 2.05) is 35.9 Å². The largest absolute Gasteiger partial charge is 0.416 e. The number of carbonyl (C=O) groups excluding carboxylic acids is 1. The molecule has 1 N–H and O–H groups in total. The van der Waals surface area contributed by atoms with Crippen molar-refractivity contribution < 1.29 is 9.21 Å². The minimum Gasteiger partial charge on any atom is -0.416 e. The molecular formula is C23H23N5O2. The van der Waals surface area contributed by atoms with E-state index >= 15 is 0 Å². The van der Waals surface area contributed by atoms with Gasteiger partial charge >= 0.3 is 0 Å². The highest BCUT2D eigenvalue weighted by Crippen LogP contribution is 2.25. The number of aryl methyl sites for hydroxylation is 1. The first kappa shape index (κ1) is 19.6. The van der Waals surface area contributed by atoms with Gasteiger partial charge in [0, 0.05) is 22.8 Å². The quantitative estimate of drug-likeness (QED) is 0.484. The molecule has 1 unspecified atom stereocenters. The van der Waals surface area contributed by atoms with E-state index in [0.29, 0.717) is 23.2 Å². The van der Waals surface area contributed by atoms with Crippen LogP contribution in [-0.2, 0) is 0 Å². The van der Waals surface area contributed by atoms with Gasteiger partial charge < -0.3 is 9.73 Å². The molecule has 152 valence electrons. The first-order chi connectivity index (χ1) is 14.5. The molecular weight excluding hydrogens is 378 g/mol. The van der Waals surface area contributed by atoms with Crippen LogP contribution in [0.15, 0.2) is 65.2 Å². The number of hydrogen-bond donors (Lipinski definition) is 1. The summed E-state index contributed by atoms with van der Waals surface area (Å²) < 4.78 is 7.63. The maximum atomic E-state index is 12.6. The average molecular weight is 401 g/mol. The molecule has 2 heterocycles. The Bertz CT molecular complexity index is 1160. The number of nitrogens with one attached hydrogen (secondary N) is 1. The number of amides is 1. The van der Waals surface area contributed by atoms with Crippen LogP contribution in [0.2, 0.25) is 0 Å². The summed E-state index contributed by atoms with van der Waals surface area (Å²) in [7, 11) is 0. The first-order valence-corrected chi connectivity index (χ1v) is 9.91. The molecule has 0 aliphatic carbocycles. The molecule has 7 heteroatoms. The third kappa shape index (κ3) is 4.00. The summed E-state index contributed by atoms with van der Waals surface area (Å²) in [4.78, 5) is 12.6. The number of nitrogens with zero attached hydrogens (tertiary/aromatic N) is 4. The van der Waals surface area contributed by atoms with E-state index in [9.17, 15) is 4.79 Å². The predicted octanol–water partition coefficient (Wildman–Crippen LogP) is 5.13. The Morgan fingerprint density at radius 2 is 1.80 bits per heavy atom. The minimum atomic E-state index is -0.197. The van der Waals surface area contributed by atoms with Crippen LogP contribution in [0, 0.1) is 6.92 Å². The van der Waals surface area contributed by atoms with Crippen LogP contribution in [0.5, 0.6) is 0 Å². The summed E-state index contributed by atoms with van der Waals surface area (Å²) in [6.07, 6.45) is 2.61. The van der Waals surface area contributed by atoms with E-state index in [1.54, 1.807) is 36.5 Å². The van der Waals surface area contributed by atoms with E-state index in [4.69, 9.17) is 4.42 Å². The van der Waals surface area contributed by atoms with E-state index in [2.05, 4.69) is 34.5 Å². The van der Waals surface area contributed by atoms with Gasteiger partial charge in [0.25, 0.3) is 5.91 Å². The van der Waals surface area contributed by atoms with Crippen LogP contribution in [-0.4, -0.2) is 25.9 Å². The van der Waals surface area contributed by atoms with Gasteiger partial charge in [0.05, 0.1) is 12.2 Å². The number of anilines is 1. The fraction of sp³-hybridized carbons (Fsp3) is 0.217. The third-order valence-electron chi connectivity index (χ3n) is 5.00. The molecule has 1 atom stereocenters. The molecule has 30 heavy (non-hydrogen) atoms. The lowest BCUT2D eigenvalue weighted by Crippen LogP contribution is -2.17. The van der Waals surface area contributed by atoms with Crippen LogP contribution in [0.25, 0.3) is 22.9 Å².